The largest absolute Gasteiger partial charge is 0.325 e. The van der Waals surface area contributed by atoms with Gasteiger partial charge in [0.05, 0.1) is 10.6 Å². The van der Waals surface area contributed by atoms with Crippen LogP contribution < -0.4 is 5.73 Å². The van der Waals surface area contributed by atoms with E-state index in [9.17, 15) is 4.39 Å². The first-order chi connectivity index (χ1) is 10.2. The van der Waals surface area contributed by atoms with Crippen LogP contribution in [0.1, 0.15) is 5.69 Å². The monoisotopic (exact) mass is 318 g/mol. The van der Waals surface area contributed by atoms with E-state index in [0.29, 0.717) is 22.1 Å². The molecule has 0 spiro atoms. The molecule has 0 aliphatic carbocycles. The molecule has 0 saturated heterocycles. The molecule has 5 heteroatoms. The maximum Gasteiger partial charge on any atom is 0.134 e. The molecule has 0 aliphatic heterocycles. The third-order valence-electron chi connectivity index (χ3n) is 3.09. The first kappa shape index (κ1) is 14.2. The van der Waals surface area contributed by atoms with Crippen LogP contribution in [0.3, 0.4) is 0 Å². The smallest absolute Gasteiger partial charge is 0.134 e. The molecule has 3 rings (SSSR count). The predicted octanol–water partition coefficient (Wildman–Crippen LogP) is 4.73. The minimum atomic E-state index is -0.376. The van der Waals surface area contributed by atoms with Crippen molar-refractivity contribution in [2.24, 2.45) is 5.73 Å². The van der Waals surface area contributed by atoms with Gasteiger partial charge < -0.3 is 5.73 Å². The lowest BCUT2D eigenvalue weighted by atomic mass is 10.1. The zero-order chi connectivity index (χ0) is 14.8. The van der Waals surface area contributed by atoms with Crippen molar-refractivity contribution in [3.63, 3.8) is 0 Å². The number of nitrogens with two attached hydrogens (primary N) is 1. The van der Waals surface area contributed by atoms with Crippen LogP contribution in [0.5, 0.6) is 0 Å². The lowest BCUT2D eigenvalue weighted by molar-refractivity contribution is 0.631. The van der Waals surface area contributed by atoms with Crippen molar-refractivity contribution in [1.29, 1.82) is 0 Å². The average Bonchev–Trinajstić information content (AvgIpc) is 2.92. The summed E-state index contributed by atoms with van der Waals surface area (Å²) in [5, 5.41) is 0.985. The summed E-state index contributed by atoms with van der Waals surface area (Å²) in [5.74, 6) is -0.376. The second kappa shape index (κ2) is 5.93. The molecule has 0 fully saturated rings. The molecule has 2 aromatic carbocycles. The van der Waals surface area contributed by atoms with E-state index in [-0.39, 0.29) is 5.82 Å². The fourth-order valence-corrected chi connectivity index (χ4v) is 3.37. The molecule has 0 atom stereocenters. The Labute approximate surface area is 131 Å². The van der Waals surface area contributed by atoms with Gasteiger partial charge in [0.1, 0.15) is 10.8 Å². The van der Waals surface area contributed by atoms with Gasteiger partial charge in [0.15, 0.2) is 0 Å². The molecule has 0 aliphatic rings. The van der Waals surface area contributed by atoms with Crippen LogP contribution in [0.4, 0.5) is 4.39 Å². The number of hydrogen-bond acceptors (Lipinski definition) is 3. The van der Waals surface area contributed by atoms with Crippen LogP contribution in [0.15, 0.2) is 48.5 Å². The molecule has 0 bridgehead atoms. The molecule has 106 valence electrons. The quantitative estimate of drug-likeness (QED) is 0.758. The van der Waals surface area contributed by atoms with Crippen molar-refractivity contribution < 1.29 is 4.39 Å². The molecule has 0 saturated carbocycles. The van der Waals surface area contributed by atoms with Gasteiger partial charge in [0.2, 0.25) is 0 Å². The number of benzene rings is 2. The summed E-state index contributed by atoms with van der Waals surface area (Å²) in [6.07, 6.45) is 0. The molecule has 0 amide bonds. The van der Waals surface area contributed by atoms with Gasteiger partial charge in [-0.15, -0.1) is 11.3 Å². The van der Waals surface area contributed by atoms with Gasteiger partial charge in [0, 0.05) is 17.1 Å². The van der Waals surface area contributed by atoms with E-state index >= 15 is 0 Å². The molecule has 3 aromatic rings. The highest BCUT2D eigenvalue weighted by Crippen LogP contribution is 2.36. The van der Waals surface area contributed by atoms with Gasteiger partial charge in [-0.05, 0) is 23.8 Å². The Kier molecular flexibility index (Phi) is 4.01. The topological polar surface area (TPSA) is 38.9 Å². The summed E-state index contributed by atoms with van der Waals surface area (Å²) in [6.45, 7) is 0.315. The highest BCUT2D eigenvalue weighted by Gasteiger charge is 2.15. The number of nitrogens with zero attached hydrogens (tertiary/aromatic N) is 1. The third kappa shape index (κ3) is 2.83. The van der Waals surface area contributed by atoms with Crippen LogP contribution in [0, 0.1) is 5.82 Å². The molecule has 1 aromatic heterocycles. The maximum absolute atomic E-state index is 14.0. The van der Waals surface area contributed by atoms with Crippen molar-refractivity contribution >= 4 is 22.9 Å². The van der Waals surface area contributed by atoms with Crippen molar-refractivity contribution in [1.82, 2.24) is 4.98 Å². The summed E-state index contributed by atoms with van der Waals surface area (Å²) in [4.78, 5) is 5.45. The fraction of sp³-hybridized carbons (Fsp3) is 0.0625. The van der Waals surface area contributed by atoms with E-state index in [1.165, 1.54) is 17.4 Å². The Hall–Kier alpha value is -1.75. The SMILES string of the molecule is NCc1nc(-c2ccc(Cl)cc2F)sc1-c1ccccc1. The molecule has 1 heterocycles. The number of hydrogen-bond donors (Lipinski definition) is 1. The Balaban J connectivity index is 2.12. The van der Waals surface area contributed by atoms with Gasteiger partial charge >= 0.3 is 0 Å². The summed E-state index contributed by atoms with van der Waals surface area (Å²) < 4.78 is 14.0. The number of aromatic nitrogens is 1. The van der Waals surface area contributed by atoms with Crippen LogP contribution in [0.2, 0.25) is 5.02 Å². The fourth-order valence-electron chi connectivity index (χ4n) is 2.08. The van der Waals surface area contributed by atoms with Crippen molar-refractivity contribution in [2.45, 2.75) is 6.54 Å². The number of halogens is 2. The van der Waals surface area contributed by atoms with Gasteiger partial charge in [-0.3, -0.25) is 0 Å². The van der Waals surface area contributed by atoms with Crippen LogP contribution in [-0.2, 0) is 6.54 Å². The van der Waals surface area contributed by atoms with Crippen LogP contribution in [0.25, 0.3) is 21.0 Å². The summed E-state index contributed by atoms with van der Waals surface area (Å²) >= 11 is 7.22. The minimum Gasteiger partial charge on any atom is -0.325 e. The second-order valence-corrected chi connectivity index (χ2v) is 5.92. The zero-order valence-corrected chi connectivity index (χ0v) is 12.6. The Morgan fingerprint density at radius 2 is 1.90 bits per heavy atom. The predicted molar refractivity (Wildman–Crippen MR) is 85.8 cm³/mol. The first-order valence-electron chi connectivity index (χ1n) is 6.39. The van der Waals surface area contributed by atoms with E-state index in [2.05, 4.69) is 4.98 Å². The molecule has 2 N–H and O–H groups in total. The van der Waals surface area contributed by atoms with Gasteiger partial charge in [0.25, 0.3) is 0 Å². The summed E-state index contributed by atoms with van der Waals surface area (Å²) in [5.41, 5.74) is 8.03. The first-order valence-corrected chi connectivity index (χ1v) is 7.59. The maximum atomic E-state index is 14.0. The molecule has 0 unspecified atom stereocenters. The molecule has 2 nitrogen and oxygen atoms in total. The van der Waals surface area contributed by atoms with E-state index in [1.54, 1.807) is 12.1 Å². The van der Waals surface area contributed by atoms with Gasteiger partial charge in [-0.25, -0.2) is 9.37 Å². The number of thiazole rings is 1. The van der Waals surface area contributed by atoms with Gasteiger partial charge in [-0.2, -0.15) is 0 Å². The van der Waals surface area contributed by atoms with Crippen LogP contribution >= 0.6 is 22.9 Å². The van der Waals surface area contributed by atoms with E-state index < -0.39 is 0 Å². The zero-order valence-electron chi connectivity index (χ0n) is 11.0. The van der Waals surface area contributed by atoms with Gasteiger partial charge in [-0.1, -0.05) is 41.9 Å². The van der Waals surface area contributed by atoms with E-state index in [0.717, 1.165) is 16.1 Å². The Morgan fingerprint density at radius 3 is 2.57 bits per heavy atom. The lowest BCUT2D eigenvalue weighted by Crippen LogP contribution is -1.98. The molecule has 0 radical (unpaired) electrons. The van der Waals surface area contributed by atoms with E-state index in [4.69, 9.17) is 17.3 Å². The Morgan fingerprint density at radius 1 is 1.14 bits per heavy atom. The highest BCUT2D eigenvalue weighted by atomic mass is 35.5. The molecule has 21 heavy (non-hydrogen) atoms. The van der Waals surface area contributed by atoms with Crippen LogP contribution in [-0.4, -0.2) is 4.98 Å². The summed E-state index contributed by atoms with van der Waals surface area (Å²) in [6, 6.07) is 14.4. The normalized spacial score (nSPS) is 10.8. The average molecular weight is 319 g/mol. The van der Waals surface area contributed by atoms with Crippen molar-refractivity contribution in [3.8, 4) is 21.0 Å². The standard InChI is InChI=1S/C16H12ClFN2S/c17-11-6-7-12(13(18)8-11)16-20-14(9-19)15(21-16)10-4-2-1-3-5-10/h1-8H,9,19H2. The van der Waals surface area contributed by atoms with Crippen molar-refractivity contribution in [3.05, 3.63) is 65.1 Å². The highest BCUT2D eigenvalue weighted by molar-refractivity contribution is 7.18. The Bertz CT molecular complexity index is 771. The lowest BCUT2D eigenvalue weighted by Gasteiger charge is -1.99. The third-order valence-corrected chi connectivity index (χ3v) is 4.50. The summed E-state index contributed by atoms with van der Waals surface area (Å²) in [7, 11) is 0. The van der Waals surface area contributed by atoms with Crippen molar-refractivity contribution in [2.75, 3.05) is 0 Å². The number of rotatable bonds is 3. The minimum absolute atomic E-state index is 0.315. The second-order valence-electron chi connectivity index (χ2n) is 4.49. The molecular formula is C16H12ClFN2S. The van der Waals surface area contributed by atoms with E-state index in [1.807, 2.05) is 30.3 Å². The molecular weight excluding hydrogens is 307 g/mol.